The lowest BCUT2D eigenvalue weighted by molar-refractivity contribution is -0.118. The number of H-pyrrole nitrogens is 1. The van der Waals surface area contributed by atoms with E-state index in [9.17, 15) is 36.6 Å². The van der Waals surface area contributed by atoms with Crippen molar-refractivity contribution in [3.8, 4) is 11.3 Å². The molecule has 1 aromatic heterocycles. The van der Waals surface area contributed by atoms with Crippen LogP contribution in [0.25, 0.3) is 11.3 Å². The summed E-state index contributed by atoms with van der Waals surface area (Å²) in [5.74, 6) is -14.7. The van der Waals surface area contributed by atoms with E-state index in [-0.39, 0.29) is 5.82 Å². The van der Waals surface area contributed by atoms with Gasteiger partial charge in [0, 0.05) is 6.07 Å². The van der Waals surface area contributed by atoms with E-state index in [1.165, 1.54) is 6.07 Å². The van der Waals surface area contributed by atoms with Gasteiger partial charge in [0.05, 0.1) is 12.3 Å². The molecule has 1 atom stereocenters. The minimum absolute atomic E-state index is 0.00668. The van der Waals surface area contributed by atoms with Crippen LogP contribution in [0.5, 0.6) is 0 Å². The summed E-state index contributed by atoms with van der Waals surface area (Å²) in [6, 6.07) is 8.52. The predicted molar refractivity (Wildman–Crippen MR) is 97.2 cm³/mol. The SMILES string of the molecule is O=C(NC(CO)C(=O)Nc1cc(-c2ccccc2)[nH]n1)c1c(F)c(F)c(F)c(F)c1F. The van der Waals surface area contributed by atoms with Crippen molar-refractivity contribution in [1.82, 2.24) is 15.5 Å². The summed E-state index contributed by atoms with van der Waals surface area (Å²) < 4.78 is 67.2. The Hall–Kier alpha value is -3.80. The molecule has 0 aliphatic carbocycles. The van der Waals surface area contributed by atoms with Crippen molar-refractivity contribution in [2.75, 3.05) is 11.9 Å². The number of aromatic nitrogens is 2. The first-order valence-electron chi connectivity index (χ1n) is 8.59. The number of nitrogens with zero attached hydrogens (tertiary/aromatic N) is 1. The second kappa shape index (κ2) is 8.92. The minimum Gasteiger partial charge on any atom is -0.394 e. The zero-order valence-electron chi connectivity index (χ0n) is 15.3. The molecule has 3 aromatic rings. The average Bonchev–Trinajstić information content (AvgIpc) is 3.23. The van der Waals surface area contributed by atoms with Gasteiger partial charge in [-0.25, -0.2) is 22.0 Å². The molecule has 0 saturated carbocycles. The number of nitrogens with one attached hydrogen (secondary N) is 3. The molecule has 0 aliphatic rings. The van der Waals surface area contributed by atoms with Gasteiger partial charge in [0.25, 0.3) is 11.8 Å². The van der Waals surface area contributed by atoms with Crippen LogP contribution in [0.1, 0.15) is 10.4 Å². The first-order chi connectivity index (χ1) is 14.7. The van der Waals surface area contributed by atoms with Crippen molar-refractivity contribution in [1.29, 1.82) is 0 Å². The summed E-state index contributed by atoms with van der Waals surface area (Å²) in [6.07, 6.45) is 0. The van der Waals surface area contributed by atoms with E-state index in [1.807, 2.05) is 0 Å². The number of aliphatic hydroxyl groups is 1. The van der Waals surface area contributed by atoms with Crippen molar-refractivity contribution in [3.63, 3.8) is 0 Å². The number of amides is 2. The Morgan fingerprint density at radius 1 is 0.968 bits per heavy atom. The van der Waals surface area contributed by atoms with Crippen LogP contribution in [0, 0.1) is 29.1 Å². The second-order valence-corrected chi connectivity index (χ2v) is 6.18. The Morgan fingerprint density at radius 3 is 2.13 bits per heavy atom. The molecule has 1 unspecified atom stereocenters. The Bertz CT molecular complexity index is 1110. The molecule has 7 nitrogen and oxygen atoms in total. The fourth-order valence-electron chi connectivity index (χ4n) is 2.59. The summed E-state index contributed by atoms with van der Waals surface area (Å²) in [5, 5.41) is 19.8. The van der Waals surface area contributed by atoms with Gasteiger partial charge < -0.3 is 15.7 Å². The molecule has 0 fully saturated rings. The molecule has 162 valence electrons. The van der Waals surface area contributed by atoms with Gasteiger partial charge in [-0.2, -0.15) is 5.10 Å². The van der Waals surface area contributed by atoms with Crippen LogP contribution in [0.15, 0.2) is 36.4 Å². The largest absolute Gasteiger partial charge is 0.394 e. The van der Waals surface area contributed by atoms with Gasteiger partial charge in [0.15, 0.2) is 29.1 Å². The van der Waals surface area contributed by atoms with Crippen LogP contribution in [0.4, 0.5) is 27.8 Å². The highest BCUT2D eigenvalue weighted by Crippen LogP contribution is 2.23. The van der Waals surface area contributed by atoms with Crippen molar-refractivity contribution >= 4 is 17.6 Å². The lowest BCUT2D eigenvalue weighted by Crippen LogP contribution is -2.46. The third-order valence-corrected chi connectivity index (χ3v) is 4.16. The molecule has 4 N–H and O–H groups in total. The summed E-state index contributed by atoms with van der Waals surface area (Å²) in [5.41, 5.74) is -0.510. The molecule has 0 spiro atoms. The van der Waals surface area contributed by atoms with E-state index in [0.29, 0.717) is 5.69 Å². The molecule has 31 heavy (non-hydrogen) atoms. The zero-order valence-corrected chi connectivity index (χ0v) is 15.3. The molecule has 2 aromatic carbocycles. The van der Waals surface area contributed by atoms with Crippen molar-refractivity contribution in [2.45, 2.75) is 6.04 Å². The molecular weight excluding hydrogens is 427 g/mol. The Labute approximate surface area is 170 Å². The smallest absolute Gasteiger partial charge is 0.258 e. The number of hydrogen-bond acceptors (Lipinski definition) is 4. The van der Waals surface area contributed by atoms with Gasteiger partial charge in [0.1, 0.15) is 11.6 Å². The van der Waals surface area contributed by atoms with Gasteiger partial charge in [-0.1, -0.05) is 30.3 Å². The molecule has 0 radical (unpaired) electrons. The normalized spacial score (nSPS) is 11.8. The van der Waals surface area contributed by atoms with Gasteiger partial charge in [-0.05, 0) is 5.56 Å². The standard InChI is InChI=1S/C19H13F5N4O3/c20-13-12(14(21)16(23)17(24)15(13)22)19(31)25-10(7-29)18(30)26-11-6-9(27-28-11)8-4-2-1-3-5-8/h1-6,10,29H,7H2,(H,25,31)(H2,26,27,28,30). The summed E-state index contributed by atoms with van der Waals surface area (Å²) >= 11 is 0. The minimum atomic E-state index is -2.43. The maximum atomic E-state index is 13.8. The first kappa shape index (κ1) is 21.9. The van der Waals surface area contributed by atoms with Gasteiger partial charge in [-0.3, -0.25) is 14.7 Å². The first-order valence-corrected chi connectivity index (χ1v) is 8.59. The Kier molecular flexibility index (Phi) is 6.30. The molecule has 0 bridgehead atoms. The Balaban J connectivity index is 1.75. The second-order valence-electron chi connectivity index (χ2n) is 6.18. The fraction of sp³-hybridized carbons (Fsp3) is 0.105. The number of carbonyl (C=O) groups is 2. The topological polar surface area (TPSA) is 107 Å². The Morgan fingerprint density at radius 2 is 1.55 bits per heavy atom. The summed E-state index contributed by atoms with van der Waals surface area (Å²) in [6.45, 7) is -1.04. The average molecular weight is 440 g/mol. The van der Waals surface area contributed by atoms with Crippen LogP contribution >= 0.6 is 0 Å². The van der Waals surface area contributed by atoms with Gasteiger partial charge in [0.2, 0.25) is 5.82 Å². The van der Waals surface area contributed by atoms with E-state index >= 15 is 0 Å². The van der Waals surface area contributed by atoms with Crippen LogP contribution in [0.2, 0.25) is 0 Å². The predicted octanol–water partition coefficient (Wildman–Crippen LogP) is 2.50. The number of carbonyl (C=O) groups excluding carboxylic acids is 2. The quantitative estimate of drug-likeness (QED) is 0.268. The third kappa shape index (κ3) is 4.38. The number of aliphatic hydroxyl groups excluding tert-OH is 1. The summed E-state index contributed by atoms with van der Waals surface area (Å²) in [7, 11) is 0. The number of hydrogen-bond donors (Lipinski definition) is 4. The van der Waals surface area contributed by atoms with Crippen LogP contribution < -0.4 is 10.6 Å². The number of anilines is 1. The molecule has 2 amide bonds. The molecule has 0 saturated heterocycles. The van der Waals surface area contributed by atoms with E-state index in [0.717, 1.165) is 5.56 Å². The molecule has 3 rings (SSSR count). The zero-order chi connectivity index (χ0) is 22.7. The van der Waals surface area contributed by atoms with Gasteiger partial charge >= 0.3 is 0 Å². The molecule has 0 aliphatic heterocycles. The van der Waals surface area contributed by atoms with Crippen LogP contribution in [-0.4, -0.2) is 39.8 Å². The third-order valence-electron chi connectivity index (χ3n) is 4.16. The number of halogens is 5. The molecular formula is C19H13F5N4O3. The van der Waals surface area contributed by atoms with Gasteiger partial charge in [-0.15, -0.1) is 0 Å². The monoisotopic (exact) mass is 440 g/mol. The number of benzene rings is 2. The number of aromatic amines is 1. The van der Waals surface area contributed by atoms with Crippen LogP contribution in [0.3, 0.4) is 0 Å². The lowest BCUT2D eigenvalue weighted by Gasteiger charge is -2.16. The van der Waals surface area contributed by atoms with E-state index in [4.69, 9.17) is 0 Å². The maximum absolute atomic E-state index is 13.8. The molecule has 12 heteroatoms. The maximum Gasteiger partial charge on any atom is 0.258 e. The van der Waals surface area contributed by atoms with Crippen molar-refractivity contribution < 1.29 is 36.6 Å². The van der Waals surface area contributed by atoms with E-state index in [1.54, 1.807) is 35.6 Å². The lowest BCUT2D eigenvalue weighted by atomic mass is 10.1. The van der Waals surface area contributed by atoms with Crippen LogP contribution in [-0.2, 0) is 4.79 Å². The van der Waals surface area contributed by atoms with Crippen molar-refractivity contribution in [3.05, 3.63) is 71.0 Å². The number of rotatable bonds is 6. The summed E-state index contributed by atoms with van der Waals surface area (Å²) in [4.78, 5) is 24.3. The highest BCUT2D eigenvalue weighted by molar-refractivity contribution is 6.01. The van der Waals surface area contributed by atoms with E-state index < -0.39 is 59.1 Å². The highest BCUT2D eigenvalue weighted by Gasteiger charge is 2.31. The van der Waals surface area contributed by atoms with E-state index in [2.05, 4.69) is 15.5 Å². The van der Waals surface area contributed by atoms with Crippen molar-refractivity contribution in [2.24, 2.45) is 0 Å². The molecule has 1 heterocycles. The fourth-order valence-corrected chi connectivity index (χ4v) is 2.59. The highest BCUT2D eigenvalue weighted by atomic mass is 19.2.